The van der Waals surface area contributed by atoms with E-state index in [2.05, 4.69) is 9.84 Å². The maximum absolute atomic E-state index is 12.7. The quantitative estimate of drug-likeness (QED) is 0.635. The summed E-state index contributed by atoms with van der Waals surface area (Å²) in [7, 11) is 0. The number of rotatable bonds is 6. The zero-order valence-corrected chi connectivity index (χ0v) is 14.9. The number of hydrogen-bond acceptors (Lipinski definition) is 4. The van der Waals surface area contributed by atoms with Crippen LogP contribution in [-0.4, -0.2) is 27.3 Å². The van der Waals surface area contributed by atoms with Crippen LogP contribution in [0.2, 0.25) is 0 Å². The molecular weight excluding hydrogens is 392 g/mol. The summed E-state index contributed by atoms with van der Waals surface area (Å²) in [6.45, 7) is -0.113. The third-order valence-corrected chi connectivity index (χ3v) is 4.05. The van der Waals surface area contributed by atoms with E-state index in [4.69, 9.17) is 5.73 Å². The van der Waals surface area contributed by atoms with E-state index in [1.54, 1.807) is 24.3 Å². The number of hydrogen-bond donors (Lipinski definition) is 1. The van der Waals surface area contributed by atoms with Crippen LogP contribution in [-0.2, 0) is 6.54 Å². The molecule has 0 amide bonds. The third-order valence-electron chi connectivity index (χ3n) is 4.05. The average molecular weight is 408 g/mol. The molecule has 0 spiro atoms. The lowest BCUT2D eigenvalue weighted by Crippen LogP contribution is -2.25. The van der Waals surface area contributed by atoms with Gasteiger partial charge in [0.15, 0.2) is 0 Å². The average Bonchev–Trinajstić information content (AvgIpc) is 3.05. The number of halogens is 4. The summed E-state index contributed by atoms with van der Waals surface area (Å²) in [5.74, 6) is -0.327. The van der Waals surface area contributed by atoms with Crippen LogP contribution in [0.3, 0.4) is 0 Å². The minimum atomic E-state index is -4.76. The van der Waals surface area contributed by atoms with Gasteiger partial charge < -0.3 is 10.5 Å². The molecule has 0 aliphatic heterocycles. The number of benzene rings is 2. The Labute approximate surface area is 162 Å². The molecule has 2 aromatic carbocycles. The Morgan fingerprint density at radius 2 is 1.86 bits per heavy atom. The van der Waals surface area contributed by atoms with Gasteiger partial charge in [-0.05, 0) is 41.0 Å². The highest BCUT2D eigenvalue weighted by Gasteiger charge is 2.30. The third kappa shape index (κ3) is 4.91. The second-order valence-electron chi connectivity index (χ2n) is 6.04. The van der Waals surface area contributed by atoms with Gasteiger partial charge in [-0.3, -0.25) is 0 Å². The normalized spacial score (nSPS) is 12.2. The van der Waals surface area contributed by atoms with Crippen LogP contribution in [0.1, 0.15) is 0 Å². The van der Waals surface area contributed by atoms with E-state index in [0.29, 0.717) is 23.1 Å². The van der Waals surface area contributed by atoms with Crippen molar-refractivity contribution >= 4 is 0 Å². The van der Waals surface area contributed by atoms with Gasteiger partial charge in [-0.2, -0.15) is 5.10 Å². The van der Waals surface area contributed by atoms with Crippen molar-refractivity contribution in [3.8, 4) is 22.6 Å². The van der Waals surface area contributed by atoms with Gasteiger partial charge >= 0.3 is 12.1 Å². The molecule has 0 atom stereocenters. The molecule has 0 radical (unpaired) electrons. The Morgan fingerprint density at radius 3 is 2.48 bits per heavy atom. The predicted octanol–water partition coefficient (Wildman–Crippen LogP) is 3.41. The van der Waals surface area contributed by atoms with Gasteiger partial charge in [-0.1, -0.05) is 24.3 Å². The first-order valence-electron chi connectivity index (χ1n) is 8.40. The molecule has 0 fully saturated rings. The largest absolute Gasteiger partial charge is 0.573 e. The van der Waals surface area contributed by atoms with E-state index in [9.17, 15) is 22.4 Å². The summed E-state index contributed by atoms with van der Waals surface area (Å²) in [5, 5.41) is 3.96. The van der Waals surface area contributed by atoms with Crippen molar-refractivity contribution in [3.63, 3.8) is 0 Å². The number of nitrogens with two attached hydrogens (primary N) is 1. The summed E-state index contributed by atoms with van der Waals surface area (Å²) < 4.78 is 55.7. The van der Waals surface area contributed by atoms with Gasteiger partial charge in [-0.15, -0.1) is 13.2 Å². The molecule has 6 nitrogen and oxygen atoms in total. The zero-order valence-electron chi connectivity index (χ0n) is 14.9. The minimum absolute atomic E-state index is 0.0423. The second kappa shape index (κ2) is 8.31. The molecule has 29 heavy (non-hydrogen) atoms. The number of ether oxygens (including phenoxy) is 1. The predicted molar refractivity (Wildman–Crippen MR) is 98.2 cm³/mol. The first-order valence-corrected chi connectivity index (χ1v) is 8.40. The van der Waals surface area contributed by atoms with Crippen LogP contribution < -0.4 is 16.2 Å². The fourth-order valence-corrected chi connectivity index (χ4v) is 2.64. The molecule has 0 aliphatic carbocycles. The standard InChI is InChI=1S/C19H16F4N4O2/c20-9-13(10-24)11-27-18(28)26(12-25-27)16-3-1-2-15(8-16)14-4-6-17(7-5-14)29-19(21,22)23/h1-9,12H,10-11,24H2/b13-9+. The van der Waals surface area contributed by atoms with Crippen molar-refractivity contribution in [2.24, 2.45) is 5.73 Å². The molecule has 0 saturated heterocycles. The van der Waals surface area contributed by atoms with Gasteiger partial charge in [0.2, 0.25) is 0 Å². The van der Waals surface area contributed by atoms with Crippen LogP contribution in [0.15, 0.2) is 71.6 Å². The summed E-state index contributed by atoms with van der Waals surface area (Å²) in [6, 6.07) is 12.2. The van der Waals surface area contributed by atoms with Gasteiger partial charge in [0.1, 0.15) is 12.1 Å². The van der Waals surface area contributed by atoms with Gasteiger partial charge in [0.25, 0.3) is 0 Å². The smallest absolute Gasteiger partial charge is 0.406 e. The van der Waals surface area contributed by atoms with Crippen LogP contribution in [0.4, 0.5) is 17.6 Å². The molecule has 0 bridgehead atoms. The maximum Gasteiger partial charge on any atom is 0.573 e. The minimum Gasteiger partial charge on any atom is -0.406 e. The Bertz CT molecular complexity index is 1070. The molecule has 1 heterocycles. The van der Waals surface area contributed by atoms with Crippen molar-refractivity contribution < 1.29 is 22.3 Å². The number of alkyl halides is 3. The first kappa shape index (κ1) is 20.3. The fraction of sp³-hybridized carbons (Fsp3) is 0.158. The Kier molecular flexibility index (Phi) is 5.83. The van der Waals surface area contributed by atoms with E-state index in [0.717, 1.165) is 4.68 Å². The lowest BCUT2D eigenvalue weighted by Gasteiger charge is -2.10. The summed E-state index contributed by atoms with van der Waals surface area (Å²) in [6.07, 6.45) is -3.11. The lowest BCUT2D eigenvalue weighted by atomic mass is 10.1. The van der Waals surface area contributed by atoms with E-state index in [1.165, 1.54) is 35.2 Å². The van der Waals surface area contributed by atoms with Crippen molar-refractivity contribution in [2.45, 2.75) is 12.9 Å². The van der Waals surface area contributed by atoms with Crippen molar-refractivity contribution in [1.82, 2.24) is 14.3 Å². The van der Waals surface area contributed by atoms with Gasteiger partial charge in [0.05, 0.1) is 18.6 Å². The molecule has 0 aliphatic rings. The summed E-state index contributed by atoms with van der Waals surface area (Å²) in [4.78, 5) is 12.5. The Balaban J connectivity index is 1.87. The summed E-state index contributed by atoms with van der Waals surface area (Å²) >= 11 is 0. The molecule has 1 aromatic heterocycles. The van der Waals surface area contributed by atoms with E-state index >= 15 is 0 Å². The first-order chi connectivity index (χ1) is 13.8. The van der Waals surface area contributed by atoms with Gasteiger partial charge in [0, 0.05) is 6.54 Å². The monoisotopic (exact) mass is 408 g/mol. The van der Waals surface area contributed by atoms with Crippen molar-refractivity contribution in [2.75, 3.05) is 6.54 Å². The molecule has 3 aromatic rings. The molecule has 152 valence electrons. The summed E-state index contributed by atoms with van der Waals surface area (Å²) in [5.41, 5.74) is 6.93. The van der Waals surface area contributed by atoms with Crippen LogP contribution >= 0.6 is 0 Å². The van der Waals surface area contributed by atoms with Gasteiger partial charge in [-0.25, -0.2) is 18.4 Å². The maximum atomic E-state index is 12.7. The highest BCUT2D eigenvalue weighted by atomic mass is 19.4. The lowest BCUT2D eigenvalue weighted by molar-refractivity contribution is -0.274. The topological polar surface area (TPSA) is 75.1 Å². The molecule has 0 unspecified atom stereocenters. The molecule has 2 N–H and O–H groups in total. The van der Waals surface area contributed by atoms with Crippen LogP contribution in [0.25, 0.3) is 16.8 Å². The van der Waals surface area contributed by atoms with E-state index in [-0.39, 0.29) is 24.4 Å². The van der Waals surface area contributed by atoms with E-state index < -0.39 is 12.1 Å². The van der Waals surface area contributed by atoms with Crippen LogP contribution in [0.5, 0.6) is 5.75 Å². The van der Waals surface area contributed by atoms with Crippen LogP contribution in [0, 0.1) is 0 Å². The number of aromatic nitrogens is 3. The SMILES string of the molecule is NC/C(=C\F)Cn1ncn(-c2cccc(-c3ccc(OC(F)(F)F)cc3)c2)c1=O. The Hall–Kier alpha value is -3.40. The fourth-order valence-electron chi connectivity index (χ4n) is 2.64. The van der Waals surface area contributed by atoms with Crippen molar-refractivity contribution in [3.05, 3.63) is 77.2 Å². The zero-order chi connectivity index (χ0) is 21.0. The highest BCUT2D eigenvalue weighted by molar-refractivity contribution is 5.66. The highest BCUT2D eigenvalue weighted by Crippen LogP contribution is 2.27. The van der Waals surface area contributed by atoms with E-state index in [1.807, 2.05) is 0 Å². The molecule has 10 heteroatoms. The number of nitrogens with zero attached hydrogens (tertiary/aromatic N) is 3. The second-order valence-corrected chi connectivity index (χ2v) is 6.04. The Morgan fingerprint density at radius 1 is 1.14 bits per heavy atom. The molecular formula is C19H16F4N4O2. The van der Waals surface area contributed by atoms with Crippen molar-refractivity contribution in [1.29, 1.82) is 0 Å². The molecule has 3 rings (SSSR count). The molecule has 0 saturated carbocycles.